The van der Waals surface area contributed by atoms with Gasteiger partial charge in [-0.05, 0) is 31.9 Å². The van der Waals surface area contributed by atoms with E-state index in [9.17, 15) is 14.4 Å². The summed E-state index contributed by atoms with van der Waals surface area (Å²) in [6.07, 6.45) is 3.40. The first-order chi connectivity index (χ1) is 15.0. The molecule has 0 radical (unpaired) electrons. The Hall–Kier alpha value is -2.86. The average molecular weight is 464 g/mol. The van der Waals surface area contributed by atoms with E-state index in [2.05, 4.69) is 20.8 Å². The molecule has 4 rings (SSSR count). The monoisotopic (exact) mass is 463 g/mol. The molecule has 1 fully saturated rings. The van der Waals surface area contributed by atoms with Crippen molar-refractivity contribution in [3.63, 3.8) is 0 Å². The third-order valence-corrected chi connectivity index (χ3v) is 6.75. The van der Waals surface area contributed by atoms with Gasteiger partial charge >= 0.3 is 12.0 Å². The van der Waals surface area contributed by atoms with Crippen LogP contribution in [0.5, 0.6) is 0 Å². The molecule has 2 aromatic rings. The number of aromatic nitrogens is 2. The Morgan fingerprint density at radius 3 is 2.84 bits per heavy atom. The molecule has 2 aliphatic rings. The summed E-state index contributed by atoms with van der Waals surface area (Å²) >= 11 is 2.62. The maximum Gasteiger partial charge on any atom is 0.338 e. The topological polar surface area (TPSA) is 127 Å². The molecule has 31 heavy (non-hydrogen) atoms. The molecule has 0 spiro atoms. The Balaban J connectivity index is 1.57. The summed E-state index contributed by atoms with van der Waals surface area (Å²) in [7, 11) is 0. The van der Waals surface area contributed by atoms with Crippen molar-refractivity contribution >= 4 is 46.1 Å². The second kappa shape index (κ2) is 9.10. The first-order valence-electron chi connectivity index (χ1n) is 9.75. The van der Waals surface area contributed by atoms with Gasteiger partial charge in [0.1, 0.15) is 11.8 Å². The van der Waals surface area contributed by atoms with E-state index in [1.807, 2.05) is 0 Å². The van der Waals surface area contributed by atoms with Gasteiger partial charge in [-0.1, -0.05) is 23.1 Å². The molecular weight excluding hydrogens is 442 g/mol. The van der Waals surface area contributed by atoms with Crippen LogP contribution in [0.4, 0.5) is 9.93 Å². The Morgan fingerprint density at radius 1 is 1.39 bits per heavy atom. The molecule has 12 heteroatoms. The van der Waals surface area contributed by atoms with Crippen molar-refractivity contribution in [1.29, 1.82) is 0 Å². The molecule has 3 heterocycles. The van der Waals surface area contributed by atoms with Crippen LogP contribution in [0.25, 0.3) is 0 Å². The average Bonchev–Trinajstić information content (AvgIpc) is 3.21. The van der Waals surface area contributed by atoms with Gasteiger partial charge in [0.15, 0.2) is 4.34 Å². The molecule has 1 unspecified atom stereocenters. The van der Waals surface area contributed by atoms with E-state index in [-0.39, 0.29) is 29.9 Å². The number of thioether (sulfide) groups is 1. The van der Waals surface area contributed by atoms with Crippen LogP contribution in [0.1, 0.15) is 38.5 Å². The zero-order valence-electron chi connectivity index (χ0n) is 16.9. The fourth-order valence-electron chi connectivity index (χ4n) is 3.22. The standard InChI is InChI=1S/C19H21N5O5S2/c1-3-28-16(26)14-12(20-17(27)21-15(14)13-5-4-8-29-13)9-30-19-23-22-18(31-19)24(10(2)25)11-6-7-11/h4-5,8,11,15H,3,6-7,9H2,1-2H3,(H2,20,21,27). The normalized spacial score (nSPS) is 18.4. The summed E-state index contributed by atoms with van der Waals surface area (Å²) in [5.41, 5.74) is 0.688. The highest BCUT2D eigenvalue weighted by Gasteiger charge is 2.36. The number of nitrogens with one attached hydrogen (secondary N) is 2. The molecule has 164 valence electrons. The fraction of sp³-hybridized carbons (Fsp3) is 0.421. The number of urea groups is 1. The van der Waals surface area contributed by atoms with E-state index in [4.69, 9.17) is 9.15 Å². The molecule has 2 N–H and O–H groups in total. The zero-order chi connectivity index (χ0) is 22.0. The minimum Gasteiger partial charge on any atom is -0.467 e. The van der Waals surface area contributed by atoms with E-state index in [1.165, 1.54) is 36.3 Å². The van der Waals surface area contributed by atoms with Gasteiger partial charge in [0, 0.05) is 24.4 Å². The second-order valence-electron chi connectivity index (χ2n) is 6.92. The molecule has 1 saturated carbocycles. The summed E-state index contributed by atoms with van der Waals surface area (Å²) in [5.74, 6) is 0.0904. The van der Waals surface area contributed by atoms with E-state index < -0.39 is 18.0 Å². The van der Waals surface area contributed by atoms with Gasteiger partial charge < -0.3 is 19.8 Å². The maximum atomic E-state index is 12.7. The van der Waals surface area contributed by atoms with Gasteiger partial charge in [0.2, 0.25) is 11.0 Å². The lowest BCUT2D eigenvalue weighted by Crippen LogP contribution is -2.46. The molecule has 0 aromatic carbocycles. The molecule has 0 bridgehead atoms. The molecule has 1 aliphatic carbocycles. The lowest BCUT2D eigenvalue weighted by Gasteiger charge is -2.27. The fourth-order valence-corrected chi connectivity index (χ4v) is 5.15. The Morgan fingerprint density at radius 2 is 2.19 bits per heavy atom. The minimum atomic E-state index is -0.758. The van der Waals surface area contributed by atoms with Crippen LogP contribution in [0.2, 0.25) is 0 Å². The van der Waals surface area contributed by atoms with Gasteiger partial charge in [-0.25, -0.2) is 9.59 Å². The number of furan rings is 1. The highest BCUT2D eigenvalue weighted by molar-refractivity contribution is 8.01. The molecule has 1 aliphatic heterocycles. The molecule has 1 atom stereocenters. The number of carbonyl (C=O) groups is 3. The van der Waals surface area contributed by atoms with Gasteiger partial charge in [-0.15, -0.1) is 10.2 Å². The van der Waals surface area contributed by atoms with Crippen molar-refractivity contribution in [1.82, 2.24) is 20.8 Å². The first kappa shape index (κ1) is 21.4. The largest absolute Gasteiger partial charge is 0.467 e. The predicted octanol–water partition coefficient (Wildman–Crippen LogP) is 2.61. The van der Waals surface area contributed by atoms with Crippen LogP contribution >= 0.6 is 23.1 Å². The first-order valence-corrected chi connectivity index (χ1v) is 11.5. The third kappa shape index (κ3) is 4.74. The summed E-state index contributed by atoms with van der Waals surface area (Å²) in [4.78, 5) is 38.5. The SMILES string of the molecule is CCOC(=O)C1=C(CSc2nnc(N(C(C)=O)C3CC3)s2)NC(=O)NC1c1ccco1. The number of ether oxygens (including phenoxy) is 1. The molecular formula is C19H21N5O5S2. The number of amides is 3. The van der Waals surface area contributed by atoms with Crippen molar-refractivity contribution in [2.75, 3.05) is 17.3 Å². The molecule has 2 aromatic heterocycles. The summed E-state index contributed by atoms with van der Waals surface area (Å²) in [5, 5.41) is 14.3. The second-order valence-corrected chi connectivity index (χ2v) is 9.10. The van der Waals surface area contributed by atoms with Crippen molar-refractivity contribution < 1.29 is 23.5 Å². The van der Waals surface area contributed by atoms with Crippen molar-refractivity contribution in [3.8, 4) is 0 Å². The number of rotatable bonds is 8. The van der Waals surface area contributed by atoms with Gasteiger partial charge in [0.25, 0.3) is 0 Å². The maximum absolute atomic E-state index is 12.7. The third-order valence-electron chi connectivity index (χ3n) is 4.67. The predicted molar refractivity (Wildman–Crippen MR) is 114 cm³/mol. The summed E-state index contributed by atoms with van der Waals surface area (Å²) in [6, 6.07) is 2.36. The minimum absolute atomic E-state index is 0.0607. The van der Waals surface area contributed by atoms with Crippen LogP contribution in [0, 0.1) is 0 Å². The Kier molecular flexibility index (Phi) is 6.28. The van der Waals surface area contributed by atoms with Gasteiger partial charge in [-0.3, -0.25) is 9.69 Å². The summed E-state index contributed by atoms with van der Waals surface area (Å²) < 4.78 is 11.3. The molecule has 0 saturated heterocycles. The molecule has 10 nitrogen and oxygen atoms in total. The zero-order valence-corrected chi connectivity index (χ0v) is 18.5. The number of carbonyl (C=O) groups excluding carboxylic acids is 3. The number of nitrogens with zero attached hydrogens (tertiary/aromatic N) is 3. The van der Waals surface area contributed by atoms with Crippen molar-refractivity contribution in [3.05, 3.63) is 35.4 Å². The highest BCUT2D eigenvalue weighted by Crippen LogP contribution is 2.37. The van der Waals surface area contributed by atoms with E-state index in [0.717, 1.165) is 12.8 Å². The van der Waals surface area contributed by atoms with Crippen LogP contribution in [-0.4, -0.2) is 46.5 Å². The number of hydrogen-bond donors (Lipinski definition) is 2. The van der Waals surface area contributed by atoms with E-state index in [0.29, 0.717) is 20.9 Å². The van der Waals surface area contributed by atoms with E-state index >= 15 is 0 Å². The van der Waals surface area contributed by atoms with Crippen LogP contribution in [-0.2, 0) is 14.3 Å². The van der Waals surface area contributed by atoms with Crippen LogP contribution < -0.4 is 15.5 Å². The lowest BCUT2D eigenvalue weighted by molar-refractivity contribution is -0.139. The number of esters is 1. The van der Waals surface area contributed by atoms with Gasteiger partial charge in [0.05, 0.1) is 18.4 Å². The molecule has 3 amide bonds. The Bertz CT molecular complexity index is 1010. The van der Waals surface area contributed by atoms with Gasteiger partial charge in [-0.2, -0.15) is 0 Å². The quantitative estimate of drug-likeness (QED) is 0.348. The summed E-state index contributed by atoms with van der Waals surface area (Å²) in [6.45, 7) is 3.43. The van der Waals surface area contributed by atoms with Crippen molar-refractivity contribution in [2.24, 2.45) is 0 Å². The number of anilines is 1. The van der Waals surface area contributed by atoms with E-state index in [1.54, 1.807) is 24.0 Å². The lowest BCUT2D eigenvalue weighted by atomic mass is 10.0. The number of hydrogen-bond acceptors (Lipinski definition) is 9. The van der Waals surface area contributed by atoms with Crippen LogP contribution in [0.3, 0.4) is 0 Å². The Labute approximate surface area is 186 Å². The van der Waals surface area contributed by atoms with Crippen LogP contribution in [0.15, 0.2) is 38.4 Å². The van der Waals surface area contributed by atoms with Crippen molar-refractivity contribution in [2.45, 2.75) is 43.1 Å². The highest BCUT2D eigenvalue weighted by atomic mass is 32.2. The smallest absolute Gasteiger partial charge is 0.338 e.